The lowest BCUT2D eigenvalue weighted by atomic mass is 9.92. The molecule has 7 nitrogen and oxygen atoms in total. The maximum atomic E-state index is 13.7. The highest BCUT2D eigenvalue weighted by Crippen LogP contribution is 2.33. The molecule has 0 aromatic heterocycles. The molecule has 166 valence electrons. The van der Waals surface area contributed by atoms with E-state index in [4.69, 9.17) is 0 Å². The van der Waals surface area contributed by atoms with E-state index in [1.165, 1.54) is 23.1 Å². The van der Waals surface area contributed by atoms with Gasteiger partial charge in [0.15, 0.2) is 0 Å². The summed E-state index contributed by atoms with van der Waals surface area (Å²) in [5.74, 6) is -1.34. The van der Waals surface area contributed by atoms with Crippen LogP contribution in [0.15, 0.2) is 18.2 Å². The van der Waals surface area contributed by atoms with Crippen LogP contribution in [0.4, 0.5) is 10.1 Å². The Bertz CT molecular complexity index is 928. The Morgan fingerprint density at radius 3 is 2.40 bits per heavy atom. The van der Waals surface area contributed by atoms with Crippen LogP contribution in [0.25, 0.3) is 0 Å². The van der Waals surface area contributed by atoms with Crippen LogP contribution in [0.1, 0.15) is 51.0 Å². The van der Waals surface area contributed by atoms with E-state index in [0.29, 0.717) is 11.3 Å². The van der Waals surface area contributed by atoms with E-state index >= 15 is 0 Å². The fourth-order valence-electron chi connectivity index (χ4n) is 4.41. The molecule has 1 aromatic carbocycles. The van der Waals surface area contributed by atoms with Crippen molar-refractivity contribution < 1.29 is 22.4 Å². The number of hydrogen-bond acceptors (Lipinski definition) is 4. The Hall–Kier alpha value is -2.00. The van der Waals surface area contributed by atoms with Crippen molar-refractivity contribution in [3.8, 4) is 0 Å². The van der Waals surface area contributed by atoms with E-state index in [1.54, 1.807) is 13.8 Å². The first-order valence-corrected chi connectivity index (χ1v) is 12.2. The minimum Gasteiger partial charge on any atom is -0.351 e. The molecule has 2 amide bonds. The van der Waals surface area contributed by atoms with Crippen molar-refractivity contribution in [2.24, 2.45) is 0 Å². The molecule has 1 atom stereocenters. The van der Waals surface area contributed by atoms with Gasteiger partial charge in [0, 0.05) is 18.3 Å². The Labute approximate surface area is 177 Å². The lowest BCUT2D eigenvalue weighted by Crippen LogP contribution is -2.70. The number of aryl methyl sites for hydroxylation is 1. The summed E-state index contributed by atoms with van der Waals surface area (Å²) in [6.45, 7) is 2.73. The van der Waals surface area contributed by atoms with E-state index in [1.807, 2.05) is 0 Å². The third-order valence-electron chi connectivity index (χ3n) is 6.09. The molecular weight excluding hydrogens is 409 g/mol. The third kappa shape index (κ3) is 4.67. The van der Waals surface area contributed by atoms with Gasteiger partial charge >= 0.3 is 0 Å². The van der Waals surface area contributed by atoms with E-state index in [9.17, 15) is 22.4 Å². The Balaban J connectivity index is 2.00. The number of halogens is 1. The number of hydrogen-bond donors (Lipinski definition) is 1. The van der Waals surface area contributed by atoms with Crippen molar-refractivity contribution in [3.05, 3.63) is 29.6 Å². The molecule has 2 fully saturated rings. The van der Waals surface area contributed by atoms with Gasteiger partial charge in [-0.25, -0.2) is 12.8 Å². The number of carbonyl (C=O) groups is 2. The molecule has 30 heavy (non-hydrogen) atoms. The second-order valence-electron chi connectivity index (χ2n) is 8.63. The number of rotatable bonds is 4. The van der Waals surface area contributed by atoms with E-state index < -0.39 is 27.3 Å². The first-order valence-electron chi connectivity index (χ1n) is 10.4. The van der Waals surface area contributed by atoms with Gasteiger partial charge < -0.3 is 5.32 Å². The normalized spacial score (nSPS) is 24.5. The number of amides is 2. The highest BCUT2D eigenvalue weighted by molar-refractivity contribution is 7.88. The maximum absolute atomic E-state index is 13.7. The predicted molar refractivity (Wildman–Crippen MR) is 113 cm³/mol. The average molecular weight is 440 g/mol. The topological polar surface area (TPSA) is 86.8 Å². The van der Waals surface area contributed by atoms with Crippen LogP contribution in [-0.4, -0.2) is 55.5 Å². The average Bonchev–Trinajstić information content (AvgIpc) is 2.90. The predicted octanol–water partition coefficient (Wildman–Crippen LogP) is 2.34. The monoisotopic (exact) mass is 439 g/mol. The second kappa shape index (κ2) is 8.63. The molecule has 0 bridgehead atoms. The molecule has 1 aromatic rings. The summed E-state index contributed by atoms with van der Waals surface area (Å²) >= 11 is 0. The zero-order chi connectivity index (χ0) is 22.1. The fourth-order valence-corrected chi connectivity index (χ4v) is 5.24. The first-order chi connectivity index (χ1) is 14.0. The summed E-state index contributed by atoms with van der Waals surface area (Å²) < 4.78 is 39.1. The van der Waals surface area contributed by atoms with Crippen molar-refractivity contribution in [3.63, 3.8) is 0 Å². The van der Waals surface area contributed by atoms with E-state index in [2.05, 4.69) is 5.32 Å². The molecule has 3 rings (SSSR count). The van der Waals surface area contributed by atoms with Crippen LogP contribution in [0.2, 0.25) is 0 Å². The van der Waals surface area contributed by atoms with Gasteiger partial charge in [0.25, 0.3) is 0 Å². The summed E-state index contributed by atoms with van der Waals surface area (Å²) in [5.41, 5.74) is -0.537. The fraction of sp³-hybridized carbons (Fsp3) is 0.619. The van der Waals surface area contributed by atoms with Gasteiger partial charge in [0.1, 0.15) is 11.4 Å². The van der Waals surface area contributed by atoms with Crippen molar-refractivity contribution in [2.75, 3.05) is 24.2 Å². The Morgan fingerprint density at radius 1 is 1.20 bits per heavy atom. The van der Waals surface area contributed by atoms with Crippen molar-refractivity contribution >= 4 is 27.5 Å². The van der Waals surface area contributed by atoms with Gasteiger partial charge in [-0.2, -0.15) is 4.31 Å². The van der Waals surface area contributed by atoms with Crippen LogP contribution in [0.3, 0.4) is 0 Å². The second-order valence-corrected chi connectivity index (χ2v) is 10.6. The Morgan fingerprint density at radius 2 is 1.83 bits per heavy atom. The summed E-state index contributed by atoms with van der Waals surface area (Å²) in [5, 5.41) is 3.06. The molecule has 1 saturated carbocycles. The Kier molecular flexibility index (Phi) is 6.52. The minimum absolute atomic E-state index is 0.00305. The number of piperazine rings is 1. The summed E-state index contributed by atoms with van der Waals surface area (Å²) in [4.78, 5) is 27.9. The molecule has 0 radical (unpaired) electrons. The highest BCUT2D eigenvalue weighted by Gasteiger charge is 2.50. The molecule has 1 N–H and O–H groups in total. The molecule has 0 spiro atoms. The minimum atomic E-state index is -3.68. The van der Waals surface area contributed by atoms with Gasteiger partial charge in [0.2, 0.25) is 21.8 Å². The third-order valence-corrected chi connectivity index (χ3v) is 7.28. The van der Waals surface area contributed by atoms with Gasteiger partial charge in [-0.3, -0.25) is 14.5 Å². The standard InChI is InChI=1S/C21H30FN3O4S/c1-15-12-16(22)10-11-18(15)25-19(26)13-24(30(3,28)29)14-21(25,2)20(27)23-17-8-6-4-5-7-9-17/h10-12,17H,4-9,13-14H2,1-3H3,(H,23,27). The number of nitrogens with one attached hydrogen (secondary N) is 1. The zero-order valence-electron chi connectivity index (χ0n) is 17.8. The first kappa shape index (κ1) is 22.7. The number of nitrogens with zero attached hydrogens (tertiary/aromatic N) is 2. The van der Waals surface area contributed by atoms with Crippen LogP contribution >= 0.6 is 0 Å². The molecule has 1 unspecified atom stereocenters. The summed E-state index contributed by atoms with van der Waals surface area (Å²) in [7, 11) is -3.68. The van der Waals surface area contributed by atoms with Crippen LogP contribution in [-0.2, 0) is 19.6 Å². The van der Waals surface area contributed by atoms with Crippen LogP contribution in [0.5, 0.6) is 0 Å². The van der Waals surface area contributed by atoms with Crippen molar-refractivity contribution in [2.45, 2.75) is 64.0 Å². The SMILES string of the molecule is Cc1cc(F)ccc1N1C(=O)CN(S(C)(=O)=O)CC1(C)C(=O)NC1CCCCCC1. The number of sulfonamides is 1. The van der Waals surface area contributed by atoms with E-state index in [0.717, 1.165) is 49.1 Å². The molecule has 1 saturated heterocycles. The lowest BCUT2D eigenvalue weighted by molar-refractivity contribution is -0.133. The van der Waals surface area contributed by atoms with Crippen molar-refractivity contribution in [1.29, 1.82) is 0 Å². The number of anilines is 1. The number of carbonyl (C=O) groups excluding carboxylic acids is 2. The smallest absolute Gasteiger partial charge is 0.247 e. The van der Waals surface area contributed by atoms with Gasteiger partial charge in [-0.15, -0.1) is 0 Å². The maximum Gasteiger partial charge on any atom is 0.247 e. The molecule has 1 aliphatic carbocycles. The van der Waals surface area contributed by atoms with Gasteiger partial charge in [0.05, 0.1) is 12.8 Å². The molecule has 1 heterocycles. The van der Waals surface area contributed by atoms with Crippen LogP contribution < -0.4 is 10.2 Å². The molecular formula is C21H30FN3O4S. The largest absolute Gasteiger partial charge is 0.351 e. The molecule has 1 aliphatic heterocycles. The number of benzene rings is 1. The van der Waals surface area contributed by atoms with E-state index in [-0.39, 0.29) is 25.0 Å². The molecule has 2 aliphatic rings. The van der Waals surface area contributed by atoms with Gasteiger partial charge in [-0.1, -0.05) is 25.7 Å². The molecule has 9 heteroatoms. The lowest BCUT2D eigenvalue weighted by Gasteiger charge is -2.47. The zero-order valence-corrected chi connectivity index (χ0v) is 18.6. The van der Waals surface area contributed by atoms with Gasteiger partial charge in [-0.05, 0) is 50.5 Å². The van der Waals surface area contributed by atoms with Crippen LogP contribution in [0, 0.1) is 12.7 Å². The summed E-state index contributed by atoms with van der Waals surface area (Å²) in [6.07, 6.45) is 7.06. The summed E-state index contributed by atoms with van der Waals surface area (Å²) in [6, 6.07) is 4.00. The van der Waals surface area contributed by atoms with Crippen molar-refractivity contribution in [1.82, 2.24) is 9.62 Å². The quantitative estimate of drug-likeness (QED) is 0.730. The highest BCUT2D eigenvalue weighted by atomic mass is 32.2.